The summed E-state index contributed by atoms with van der Waals surface area (Å²) in [5.74, 6) is 0.00642. The monoisotopic (exact) mass is 358 g/mol. The third-order valence-corrected chi connectivity index (χ3v) is 4.69. The fourth-order valence-electron chi connectivity index (χ4n) is 3.19. The number of ether oxygens (including phenoxy) is 2. The predicted octanol–water partition coefficient (Wildman–Crippen LogP) is 1.84. The van der Waals surface area contributed by atoms with E-state index < -0.39 is 0 Å². The van der Waals surface area contributed by atoms with Crippen LogP contribution in [0.1, 0.15) is 35.5 Å². The van der Waals surface area contributed by atoms with E-state index in [1.54, 1.807) is 6.20 Å². The summed E-state index contributed by atoms with van der Waals surface area (Å²) in [5.41, 5.74) is 3.97. The normalized spacial score (nSPS) is 20.1. The highest BCUT2D eigenvalue weighted by Gasteiger charge is 2.28. The molecule has 0 aromatic carbocycles. The maximum Gasteiger partial charge on any atom is 0.220 e. The minimum Gasteiger partial charge on any atom is -0.379 e. The number of aryl methyl sites for hydroxylation is 2. The van der Waals surface area contributed by atoms with Gasteiger partial charge in [-0.2, -0.15) is 5.10 Å². The Morgan fingerprint density at radius 2 is 2.31 bits per heavy atom. The quantitative estimate of drug-likeness (QED) is 0.788. The molecule has 0 bridgehead atoms. The lowest BCUT2D eigenvalue weighted by Gasteiger charge is -2.32. The number of carbonyl (C=O) groups excluding carboxylic acids is 1. The summed E-state index contributed by atoms with van der Waals surface area (Å²) >= 11 is 0. The molecule has 0 saturated carbocycles. The summed E-state index contributed by atoms with van der Waals surface area (Å²) in [7, 11) is 0. The second-order valence-corrected chi connectivity index (χ2v) is 6.62. The molecule has 1 amide bonds. The number of hydrogen-bond acceptors (Lipinski definition) is 5. The van der Waals surface area contributed by atoms with E-state index in [2.05, 4.69) is 20.5 Å². The largest absolute Gasteiger partial charge is 0.379 e. The minimum atomic E-state index is -0.133. The molecule has 0 radical (unpaired) electrons. The molecule has 1 saturated heterocycles. The SMILES string of the molecule is Cc1n[nH]c(C)c1CCC(=O)N[C@@H]1COCC[C@H]1OCc1ccccn1. The Hall–Kier alpha value is -2.25. The number of amides is 1. The van der Waals surface area contributed by atoms with Crippen LogP contribution in [-0.4, -0.2) is 46.4 Å². The first-order valence-electron chi connectivity index (χ1n) is 9.02. The number of H-pyrrole nitrogens is 1. The van der Waals surface area contributed by atoms with Crippen LogP contribution < -0.4 is 5.32 Å². The standard InChI is InChI=1S/C19H26N4O3/c1-13-16(14(2)23-22-13)6-7-19(24)21-17-12-25-10-8-18(17)26-11-15-5-3-4-9-20-15/h3-5,9,17-18H,6-8,10-12H2,1-2H3,(H,21,24)(H,22,23)/t17-,18-/m1/s1. The highest BCUT2D eigenvalue weighted by atomic mass is 16.5. The van der Waals surface area contributed by atoms with Crippen LogP contribution >= 0.6 is 0 Å². The molecule has 3 rings (SSSR count). The lowest BCUT2D eigenvalue weighted by Crippen LogP contribution is -2.50. The molecule has 3 heterocycles. The van der Waals surface area contributed by atoms with Crippen molar-refractivity contribution in [3.63, 3.8) is 0 Å². The van der Waals surface area contributed by atoms with E-state index in [1.165, 1.54) is 0 Å². The molecule has 1 aliphatic rings. The minimum absolute atomic E-state index is 0.00642. The summed E-state index contributed by atoms with van der Waals surface area (Å²) in [6.07, 6.45) is 3.55. The van der Waals surface area contributed by atoms with Gasteiger partial charge in [0.25, 0.3) is 0 Å². The van der Waals surface area contributed by atoms with Crippen LogP contribution in [0.3, 0.4) is 0 Å². The zero-order valence-corrected chi connectivity index (χ0v) is 15.3. The summed E-state index contributed by atoms with van der Waals surface area (Å²) in [6.45, 7) is 5.48. The van der Waals surface area contributed by atoms with Crippen LogP contribution in [0.25, 0.3) is 0 Å². The van der Waals surface area contributed by atoms with Crippen molar-refractivity contribution in [2.75, 3.05) is 13.2 Å². The summed E-state index contributed by atoms with van der Waals surface area (Å²) in [4.78, 5) is 16.7. The first kappa shape index (κ1) is 18.5. The number of nitrogens with zero attached hydrogens (tertiary/aromatic N) is 2. The van der Waals surface area contributed by atoms with E-state index in [4.69, 9.17) is 9.47 Å². The van der Waals surface area contributed by atoms with Crippen molar-refractivity contribution in [2.24, 2.45) is 0 Å². The van der Waals surface area contributed by atoms with Gasteiger partial charge in [0.2, 0.25) is 5.91 Å². The average Bonchev–Trinajstić information content (AvgIpc) is 2.98. The van der Waals surface area contributed by atoms with Crippen molar-refractivity contribution in [1.29, 1.82) is 0 Å². The third kappa shape index (κ3) is 4.89. The van der Waals surface area contributed by atoms with Gasteiger partial charge in [-0.1, -0.05) is 6.07 Å². The van der Waals surface area contributed by atoms with E-state index >= 15 is 0 Å². The number of rotatable bonds is 7. The number of aromatic amines is 1. The van der Waals surface area contributed by atoms with Crippen LogP contribution in [-0.2, 0) is 27.3 Å². The molecule has 7 nitrogen and oxygen atoms in total. The van der Waals surface area contributed by atoms with Gasteiger partial charge in [0.15, 0.2) is 0 Å². The average molecular weight is 358 g/mol. The van der Waals surface area contributed by atoms with Crippen molar-refractivity contribution >= 4 is 5.91 Å². The van der Waals surface area contributed by atoms with E-state index in [0.717, 1.165) is 29.1 Å². The van der Waals surface area contributed by atoms with Gasteiger partial charge < -0.3 is 14.8 Å². The van der Waals surface area contributed by atoms with Gasteiger partial charge in [0, 0.05) is 24.9 Å². The number of aromatic nitrogens is 3. The van der Waals surface area contributed by atoms with Crippen LogP contribution in [0.2, 0.25) is 0 Å². The molecule has 2 atom stereocenters. The zero-order chi connectivity index (χ0) is 18.4. The summed E-state index contributed by atoms with van der Waals surface area (Å²) < 4.78 is 11.5. The van der Waals surface area contributed by atoms with Gasteiger partial charge in [-0.05, 0) is 44.4 Å². The van der Waals surface area contributed by atoms with E-state index in [0.29, 0.717) is 32.7 Å². The molecule has 0 aliphatic carbocycles. The Morgan fingerprint density at radius 3 is 3.04 bits per heavy atom. The molecule has 2 N–H and O–H groups in total. The maximum atomic E-state index is 12.4. The Labute approximate surface area is 153 Å². The molecule has 0 unspecified atom stereocenters. The van der Waals surface area contributed by atoms with Crippen molar-refractivity contribution in [3.8, 4) is 0 Å². The summed E-state index contributed by atoms with van der Waals surface area (Å²) in [5, 5.41) is 10.2. The van der Waals surface area contributed by atoms with Crippen molar-refractivity contribution in [2.45, 2.75) is 51.9 Å². The number of nitrogens with one attached hydrogen (secondary N) is 2. The van der Waals surface area contributed by atoms with Crippen molar-refractivity contribution < 1.29 is 14.3 Å². The van der Waals surface area contributed by atoms with Crippen LogP contribution in [0.4, 0.5) is 0 Å². The van der Waals surface area contributed by atoms with Crippen molar-refractivity contribution in [3.05, 3.63) is 47.0 Å². The van der Waals surface area contributed by atoms with E-state index in [1.807, 2.05) is 32.0 Å². The molecule has 1 aliphatic heterocycles. The molecule has 7 heteroatoms. The first-order valence-corrected chi connectivity index (χ1v) is 9.02. The van der Waals surface area contributed by atoms with Gasteiger partial charge in [0.05, 0.1) is 36.7 Å². The molecule has 0 spiro atoms. The van der Waals surface area contributed by atoms with Crippen LogP contribution in [0.15, 0.2) is 24.4 Å². The number of carbonyl (C=O) groups is 1. The molecule has 140 valence electrons. The fourth-order valence-corrected chi connectivity index (χ4v) is 3.19. The van der Waals surface area contributed by atoms with Gasteiger partial charge >= 0.3 is 0 Å². The molecular weight excluding hydrogens is 332 g/mol. The van der Waals surface area contributed by atoms with Gasteiger partial charge in [-0.3, -0.25) is 14.9 Å². The van der Waals surface area contributed by atoms with Gasteiger partial charge in [-0.15, -0.1) is 0 Å². The maximum absolute atomic E-state index is 12.4. The molecule has 1 fully saturated rings. The zero-order valence-electron chi connectivity index (χ0n) is 15.3. The molecular formula is C19H26N4O3. The highest BCUT2D eigenvalue weighted by molar-refractivity contribution is 5.76. The molecule has 2 aromatic heterocycles. The lowest BCUT2D eigenvalue weighted by molar-refractivity contribution is -0.126. The third-order valence-electron chi connectivity index (χ3n) is 4.69. The van der Waals surface area contributed by atoms with Gasteiger partial charge in [0.1, 0.15) is 0 Å². The Morgan fingerprint density at radius 1 is 1.42 bits per heavy atom. The Balaban J connectivity index is 1.50. The second-order valence-electron chi connectivity index (χ2n) is 6.62. The van der Waals surface area contributed by atoms with Crippen molar-refractivity contribution in [1.82, 2.24) is 20.5 Å². The molecule has 2 aromatic rings. The van der Waals surface area contributed by atoms with Crippen LogP contribution in [0.5, 0.6) is 0 Å². The second kappa shape index (κ2) is 8.91. The fraction of sp³-hybridized carbons (Fsp3) is 0.526. The van der Waals surface area contributed by atoms with E-state index in [-0.39, 0.29) is 18.1 Å². The first-order chi connectivity index (χ1) is 12.6. The number of pyridine rings is 1. The highest BCUT2D eigenvalue weighted by Crippen LogP contribution is 2.15. The van der Waals surface area contributed by atoms with E-state index in [9.17, 15) is 4.79 Å². The summed E-state index contributed by atoms with van der Waals surface area (Å²) in [6, 6.07) is 5.62. The molecule has 26 heavy (non-hydrogen) atoms. The van der Waals surface area contributed by atoms with Gasteiger partial charge in [-0.25, -0.2) is 0 Å². The Kier molecular flexibility index (Phi) is 6.35. The predicted molar refractivity (Wildman–Crippen MR) is 96.6 cm³/mol. The lowest BCUT2D eigenvalue weighted by atomic mass is 10.0. The Bertz CT molecular complexity index is 697. The van der Waals surface area contributed by atoms with Crippen LogP contribution in [0, 0.1) is 13.8 Å². The smallest absolute Gasteiger partial charge is 0.220 e. The number of hydrogen-bond donors (Lipinski definition) is 2. The topological polar surface area (TPSA) is 89.1 Å².